The van der Waals surface area contributed by atoms with Crippen molar-refractivity contribution in [1.82, 2.24) is 24.4 Å². The molecule has 0 atom stereocenters. The molecule has 0 bridgehead atoms. The highest BCUT2D eigenvalue weighted by atomic mass is 35.5. The summed E-state index contributed by atoms with van der Waals surface area (Å²) in [7, 11) is 2.05. The van der Waals surface area contributed by atoms with Gasteiger partial charge in [-0.25, -0.2) is 15.0 Å². The van der Waals surface area contributed by atoms with E-state index in [0.717, 1.165) is 65.2 Å². The Balaban J connectivity index is 1.35. The third-order valence-electron chi connectivity index (χ3n) is 5.38. The van der Waals surface area contributed by atoms with E-state index in [-0.39, 0.29) is 0 Å². The van der Waals surface area contributed by atoms with Gasteiger partial charge in [-0.2, -0.15) is 0 Å². The molecule has 8 heteroatoms. The summed E-state index contributed by atoms with van der Waals surface area (Å²) < 4.78 is 3.24. The van der Waals surface area contributed by atoms with Crippen LogP contribution in [-0.2, 0) is 13.6 Å². The molecule has 0 saturated carbocycles. The standard InChI is InChI=1S/C21H21ClN6S/c1-26-7-6-23-19(26)13-27-8-10-28(11-9-27)21-20-17(24-14-25-21)12-18(29-20)15-2-4-16(22)5-3-15/h2-7,12,14H,8-11,13H2,1H3. The van der Waals surface area contributed by atoms with Gasteiger partial charge in [0.15, 0.2) is 0 Å². The molecule has 1 aromatic carbocycles. The van der Waals surface area contributed by atoms with Crippen molar-refractivity contribution in [3.63, 3.8) is 0 Å². The molecule has 0 spiro atoms. The first-order valence-corrected chi connectivity index (χ1v) is 10.8. The lowest BCUT2D eigenvalue weighted by Crippen LogP contribution is -2.46. The maximum atomic E-state index is 6.03. The Morgan fingerprint density at radius 2 is 1.83 bits per heavy atom. The molecule has 1 saturated heterocycles. The number of hydrogen-bond acceptors (Lipinski definition) is 6. The van der Waals surface area contributed by atoms with Gasteiger partial charge in [0.05, 0.1) is 16.8 Å². The van der Waals surface area contributed by atoms with Crippen LogP contribution in [0.4, 0.5) is 5.82 Å². The van der Waals surface area contributed by atoms with Gasteiger partial charge in [-0.1, -0.05) is 23.7 Å². The molecule has 1 fully saturated rings. The average molecular weight is 425 g/mol. The number of fused-ring (bicyclic) bond motifs is 1. The van der Waals surface area contributed by atoms with E-state index in [9.17, 15) is 0 Å². The Hall–Kier alpha value is -2.48. The molecule has 5 rings (SSSR count). The zero-order valence-electron chi connectivity index (χ0n) is 16.1. The van der Waals surface area contributed by atoms with Gasteiger partial charge in [-0.3, -0.25) is 4.90 Å². The van der Waals surface area contributed by atoms with Crippen LogP contribution in [0.15, 0.2) is 49.1 Å². The second kappa shape index (κ2) is 7.74. The third kappa shape index (κ3) is 3.73. The van der Waals surface area contributed by atoms with Crippen molar-refractivity contribution in [1.29, 1.82) is 0 Å². The maximum Gasteiger partial charge on any atom is 0.150 e. The molecule has 6 nitrogen and oxygen atoms in total. The summed E-state index contributed by atoms with van der Waals surface area (Å²) in [6.45, 7) is 4.77. The van der Waals surface area contributed by atoms with Crippen molar-refractivity contribution in [2.24, 2.45) is 7.05 Å². The summed E-state index contributed by atoms with van der Waals surface area (Å²) in [5.41, 5.74) is 2.16. The highest BCUT2D eigenvalue weighted by molar-refractivity contribution is 7.22. The highest BCUT2D eigenvalue weighted by Crippen LogP contribution is 2.37. The fourth-order valence-electron chi connectivity index (χ4n) is 3.69. The molecule has 0 aliphatic carbocycles. The van der Waals surface area contributed by atoms with E-state index in [2.05, 4.69) is 47.5 Å². The molecule has 148 valence electrons. The second-order valence-electron chi connectivity index (χ2n) is 7.25. The fourth-order valence-corrected chi connectivity index (χ4v) is 4.95. The molecule has 4 heterocycles. The average Bonchev–Trinajstić information content (AvgIpc) is 3.35. The Labute approximate surface area is 178 Å². The topological polar surface area (TPSA) is 50.1 Å². The first-order chi connectivity index (χ1) is 14.2. The lowest BCUT2D eigenvalue weighted by atomic mass is 10.2. The van der Waals surface area contributed by atoms with E-state index in [0.29, 0.717) is 0 Å². The van der Waals surface area contributed by atoms with Crippen molar-refractivity contribution in [2.75, 3.05) is 31.1 Å². The number of halogens is 1. The van der Waals surface area contributed by atoms with Crippen LogP contribution in [0, 0.1) is 0 Å². The summed E-state index contributed by atoms with van der Waals surface area (Å²) in [4.78, 5) is 19.6. The van der Waals surface area contributed by atoms with Crippen LogP contribution < -0.4 is 4.90 Å². The van der Waals surface area contributed by atoms with Crippen LogP contribution in [0.2, 0.25) is 5.02 Å². The molecule has 29 heavy (non-hydrogen) atoms. The number of nitrogens with zero attached hydrogens (tertiary/aromatic N) is 6. The first kappa shape index (κ1) is 18.5. The minimum Gasteiger partial charge on any atom is -0.353 e. The van der Waals surface area contributed by atoms with Gasteiger partial charge in [0.25, 0.3) is 0 Å². The summed E-state index contributed by atoms with van der Waals surface area (Å²) in [6.07, 6.45) is 5.53. The van der Waals surface area contributed by atoms with Gasteiger partial charge < -0.3 is 9.47 Å². The van der Waals surface area contributed by atoms with E-state index in [1.54, 1.807) is 17.7 Å². The minimum atomic E-state index is 0.749. The zero-order chi connectivity index (χ0) is 19.8. The molecular formula is C21H21ClN6S. The lowest BCUT2D eigenvalue weighted by molar-refractivity contribution is 0.241. The van der Waals surface area contributed by atoms with Crippen molar-refractivity contribution in [3.05, 3.63) is 59.9 Å². The Bertz CT molecular complexity index is 1130. The monoisotopic (exact) mass is 424 g/mol. The summed E-state index contributed by atoms with van der Waals surface area (Å²) in [5, 5.41) is 0.749. The van der Waals surface area contributed by atoms with Gasteiger partial charge in [0, 0.05) is 55.5 Å². The molecule has 3 aromatic heterocycles. The number of imidazole rings is 1. The van der Waals surface area contributed by atoms with Gasteiger partial charge in [0.2, 0.25) is 0 Å². The number of aryl methyl sites for hydroxylation is 1. The van der Waals surface area contributed by atoms with Crippen molar-refractivity contribution >= 4 is 39.0 Å². The number of benzene rings is 1. The Morgan fingerprint density at radius 1 is 1.03 bits per heavy atom. The molecular weight excluding hydrogens is 404 g/mol. The van der Waals surface area contributed by atoms with Crippen molar-refractivity contribution < 1.29 is 0 Å². The molecule has 1 aliphatic rings. The quantitative estimate of drug-likeness (QED) is 0.494. The predicted octanol–water partition coefficient (Wildman–Crippen LogP) is 4.07. The van der Waals surface area contributed by atoms with E-state index >= 15 is 0 Å². The fraction of sp³-hybridized carbons (Fsp3) is 0.286. The van der Waals surface area contributed by atoms with E-state index < -0.39 is 0 Å². The molecule has 4 aromatic rings. The predicted molar refractivity (Wildman–Crippen MR) is 119 cm³/mol. The van der Waals surface area contributed by atoms with Crippen molar-refractivity contribution in [2.45, 2.75) is 6.54 Å². The molecule has 0 radical (unpaired) electrons. The number of rotatable bonds is 4. The summed E-state index contributed by atoms with van der Waals surface area (Å²) in [6, 6.07) is 10.1. The van der Waals surface area contributed by atoms with Gasteiger partial charge >= 0.3 is 0 Å². The number of aromatic nitrogens is 4. The summed E-state index contributed by atoms with van der Waals surface area (Å²) >= 11 is 7.78. The van der Waals surface area contributed by atoms with E-state index in [1.807, 2.05) is 31.6 Å². The second-order valence-corrected chi connectivity index (χ2v) is 8.74. The largest absolute Gasteiger partial charge is 0.353 e. The lowest BCUT2D eigenvalue weighted by Gasteiger charge is -2.35. The third-order valence-corrected chi connectivity index (χ3v) is 6.80. The van der Waals surface area contributed by atoms with Crippen LogP contribution in [0.5, 0.6) is 0 Å². The van der Waals surface area contributed by atoms with Crippen LogP contribution in [0.3, 0.4) is 0 Å². The van der Waals surface area contributed by atoms with Crippen molar-refractivity contribution in [3.8, 4) is 10.4 Å². The molecule has 0 amide bonds. The molecule has 0 unspecified atom stereocenters. The van der Waals surface area contributed by atoms with Crippen LogP contribution >= 0.6 is 22.9 Å². The Morgan fingerprint density at radius 3 is 2.55 bits per heavy atom. The first-order valence-electron chi connectivity index (χ1n) is 9.61. The van der Waals surface area contributed by atoms with E-state index in [4.69, 9.17) is 11.6 Å². The number of hydrogen-bond donors (Lipinski definition) is 0. The number of piperazine rings is 1. The molecule has 1 aliphatic heterocycles. The normalized spacial score (nSPS) is 15.3. The smallest absolute Gasteiger partial charge is 0.150 e. The van der Waals surface area contributed by atoms with E-state index in [1.165, 1.54) is 4.88 Å². The van der Waals surface area contributed by atoms with Gasteiger partial charge in [-0.05, 0) is 23.8 Å². The van der Waals surface area contributed by atoms with Crippen LogP contribution in [-0.4, -0.2) is 50.6 Å². The summed E-state index contributed by atoms with van der Waals surface area (Å²) in [5.74, 6) is 2.14. The number of thiophene rings is 1. The molecule has 0 N–H and O–H groups in total. The zero-order valence-corrected chi connectivity index (χ0v) is 17.7. The number of anilines is 1. The van der Waals surface area contributed by atoms with Crippen LogP contribution in [0.25, 0.3) is 20.7 Å². The minimum absolute atomic E-state index is 0.749. The maximum absolute atomic E-state index is 6.03. The van der Waals surface area contributed by atoms with Gasteiger partial charge in [0.1, 0.15) is 18.0 Å². The van der Waals surface area contributed by atoms with Gasteiger partial charge in [-0.15, -0.1) is 11.3 Å². The Kier molecular flexibility index (Phi) is 4.95. The van der Waals surface area contributed by atoms with Crippen LogP contribution in [0.1, 0.15) is 5.82 Å². The SMILES string of the molecule is Cn1ccnc1CN1CCN(c2ncnc3cc(-c4ccc(Cl)cc4)sc23)CC1. The highest BCUT2D eigenvalue weighted by Gasteiger charge is 2.22.